The van der Waals surface area contributed by atoms with Gasteiger partial charge in [-0.2, -0.15) is 0 Å². The standard InChI is InChI=1S/C18H21NO4S/c1-5-23-18(21)15-11(2)12(3)24-17(15)19-16(20)14-8-6-13(7-9-14)10-22-4/h6-9H,5,10H2,1-4H3,(H,19,20). The Hall–Kier alpha value is -2.18. The lowest BCUT2D eigenvalue weighted by atomic mass is 10.1. The quantitative estimate of drug-likeness (QED) is 0.804. The largest absolute Gasteiger partial charge is 0.462 e. The summed E-state index contributed by atoms with van der Waals surface area (Å²) in [5.41, 5.74) is 2.78. The van der Waals surface area contributed by atoms with Crippen molar-refractivity contribution in [2.24, 2.45) is 0 Å². The monoisotopic (exact) mass is 347 g/mol. The first-order valence-corrected chi connectivity index (χ1v) is 8.45. The van der Waals surface area contributed by atoms with Crippen molar-refractivity contribution in [3.63, 3.8) is 0 Å². The summed E-state index contributed by atoms with van der Waals surface area (Å²) >= 11 is 1.38. The molecule has 24 heavy (non-hydrogen) atoms. The number of aryl methyl sites for hydroxylation is 1. The predicted octanol–water partition coefficient (Wildman–Crippen LogP) is 3.94. The number of methoxy groups -OCH3 is 1. The van der Waals surface area contributed by atoms with E-state index in [4.69, 9.17) is 9.47 Å². The van der Waals surface area contributed by atoms with E-state index in [1.165, 1.54) is 11.3 Å². The van der Waals surface area contributed by atoms with E-state index < -0.39 is 5.97 Å². The minimum atomic E-state index is -0.412. The van der Waals surface area contributed by atoms with E-state index in [0.717, 1.165) is 16.0 Å². The van der Waals surface area contributed by atoms with E-state index in [1.54, 1.807) is 26.2 Å². The van der Waals surface area contributed by atoms with Crippen LogP contribution in [0.1, 0.15) is 43.6 Å². The van der Waals surface area contributed by atoms with E-state index in [2.05, 4.69) is 5.32 Å². The molecular weight excluding hydrogens is 326 g/mol. The van der Waals surface area contributed by atoms with Crippen molar-refractivity contribution in [3.05, 3.63) is 51.4 Å². The van der Waals surface area contributed by atoms with Crippen LogP contribution in [0.4, 0.5) is 5.00 Å². The number of nitrogens with one attached hydrogen (secondary N) is 1. The average Bonchev–Trinajstić information content (AvgIpc) is 2.83. The summed E-state index contributed by atoms with van der Waals surface area (Å²) in [6.07, 6.45) is 0. The number of benzene rings is 1. The van der Waals surface area contributed by atoms with Crippen molar-refractivity contribution < 1.29 is 19.1 Å². The molecule has 2 rings (SSSR count). The lowest BCUT2D eigenvalue weighted by Gasteiger charge is -2.08. The van der Waals surface area contributed by atoms with Crippen LogP contribution >= 0.6 is 11.3 Å². The van der Waals surface area contributed by atoms with Crippen LogP contribution in [0, 0.1) is 13.8 Å². The van der Waals surface area contributed by atoms with Crippen LogP contribution < -0.4 is 5.32 Å². The van der Waals surface area contributed by atoms with E-state index >= 15 is 0 Å². The molecule has 0 bridgehead atoms. The Labute approximate surface area is 145 Å². The molecule has 1 N–H and O–H groups in total. The molecular formula is C18H21NO4S. The molecule has 0 atom stereocenters. The highest BCUT2D eigenvalue weighted by Gasteiger charge is 2.22. The number of carbonyl (C=O) groups excluding carboxylic acids is 2. The zero-order chi connectivity index (χ0) is 17.7. The molecule has 0 unspecified atom stereocenters. The van der Waals surface area contributed by atoms with E-state index in [0.29, 0.717) is 29.3 Å². The zero-order valence-electron chi connectivity index (χ0n) is 14.3. The Morgan fingerprint density at radius 1 is 1.17 bits per heavy atom. The molecule has 0 saturated heterocycles. The van der Waals surface area contributed by atoms with Gasteiger partial charge in [0.2, 0.25) is 0 Å². The van der Waals surface area contributed by atoms with Crippen LogP contribution in [0.15, 0.2) is 24.3 Å². The first-order chi connectivity index (χ1) is 11.5. The van der Waals surface area contributed by atoms with Gasteiger partial charge >= 0.3 is 5.97 Å². The summed E-state index contributed by atoms with van der Waals surface area (Å²) in [5, 5.41) is 3.35. The maximum Gasteiger partial charge on any atom is 0.341 e. The summed E-state index contributed by atoms with van der Waals surface area (Å²) in [7, 11) is 1.62. The molecule has 1 aromatic carbocycles. The summed E-state index contributed by atoms with van der Waals surface area (Å²) in [6, 6.07) is 7.16. The number of thiophene rings is 1. The highest BCUT2D eigenvalue weighted by molar-refractivity contribution is 7.16. The van der Waals surface area contributed by atoms with Crippen LogP contribution in [0.3, 0.4) is 0 Å². The zero-order valence-corrected chi connectivity index (χ0v) is 15.1. The third-order valence-corrected chi connectivity index (χ3v) is 4.74. The second kappa shape index (κ2) is 8.08. The highest BCUT2D eigenvalue weighted by Crippen LogP contribution is 2.33. The Balaban J connectivity index is 2.22. The number of hydrogen-bond acceptors (Lipinski definition) is 5. The fourth-order valence-corrected chi connectivity index (χ4v) is 3.30. The van der Waals surface area contributed by atoms with Crippen molar-refractivity contribution in [3.8, 4) is 0 Å². The highest BCUT2D eigenvalue weighted by atomic mass is 32.1. The lowest BCUT2D eigenvalue weighted by molar-refractivity contribution is 0.0527. The first kappa shape index (κ1) is 18.2. The van der Waals surface area contributed by atoms with Crippen molar-refractivity contribution in [2.45, 2.75) is 27.4 Å². The van der Waals surface area contributed by atoms with Crippen LogP contribution in [0.2, 0.25) is 0 Å². The van der Waals surface area contributed by atoms with Crippen molar-refractivity contribution >= 4 is 28.2 Å². The molecule has 1 heterocycles. The van der Waals surface area contributed by atoms with Gasteiger partial charge in [-0.3, -0.25) is 4.79 Å². The SMILES string of the molecule is CCOC(=O)c1c(NC(=O)c2ccc(COC)cc2)sc(C)c1C. The van der Waals surface area contributed by atoms with Gasteiger partial charge in [0.05, 0.1) is 18.8 Å². The summed E-state index contributed by atoms with van der Waals surface area (Å²) in [4.78, 5) is 25.6. The molecule has 0 aliphatic heterocycles. The smallest absolute Gasteiger partial charge is 0.341 e. The van der Waals surface area contributed by atoms with E-state index in [-0.39, 0.29) is 5.91 Å². The minimum Gasteiger partial charge on any atom is -0.462 e. The molecule has 2 aromatic rings. The summed E-state index contributed by atoms with van der Waals surface area (Å²) < 4.78 is 10.1. The first-order valence-electron chi connectivity index (χ1n) is 7.64. The minimum absolute atomic E-state index is 0.259. The Morgan fingerprint density at radius 2 is 1.83 bits per heavy atom. The third-order valence-electron chi connectivity index (χ3n) is 3.62. The second-order valence-corrected chi connectivity index (χ2v) is 6.52. The van der Waals surface area contributed by atoms with Gasteiger partial charge < -0.3 is 14.8 Å². The Kier molecular flexibility index (Phi) is 6.11. The average molecular weight is 347 g/mol. The van der Waals surface area contributed by atoms with Gasteiger partial charge in [0, 0.05) is 17.6 Å². The number of hydrogen-bond donors (Lipinski definition) is 1. The molecule has 0 radical (unpaired) electrons. The maximum absolute atomic E-state index is 12.4. The fraction of sp³-hybridized carbons (Fsp3) is 0.333. The molecule has 128 valence electrons. The molecule has 0 aliphatic rings. The van der Waals surface area contributed by atoms with Crippen molar-refractivity contribution in [1.82, 2.24) is 0 Å². The fourth-order valence-electron chi connectivity index (χ4n) is 2.26. The van der Waals surface area contributed by atoms with Gasteiger partial charge in [-0.15, -0.1) is 11.3 Å². The normalized spacial score (nSPS) is 10.5. The number of ether oxygens (including phenoxy) is 2. The van der Waals surface area contributed by atoms with Gasteiger partial charge in [-0.05, 0) is 44.0 Å². The van der Waals surface area contributed by atoms with Gasteiger partial charge in [0.15, 0.2) is 0 Å². The number of rotatable bonds is 6. The van der Waals surface area contributed by atoms with Crippen molar-refractivity contribution in [1.29, 1.82) is 0 Å². The van der Waals surface area contributed by atoms with Crippen LogP contribution in [-0.4, -0.2) is 25.6 Å². The van der Waals surface area contributed by atoms with Gasteiger partial charge in [0.1, 0.15) is 5.00 Å². The van der Waals surface area contributed by atoms with Gasteiger partial charge in [-0.1, -0.05) is 12.1 Å². The lowest BCUT2D eigenvalue weighted by Crippen LogP contribution is -2.15. The van der Waals surface area contributed by atoms with E-state index in [9.17, 15) is 9.59 Å². The molecule has 0 fully saturated rings. The Morgan fingerprint density at radius 3 is 2.42 bits per heavy atom. The number of carbonyl (C=O) groups is 2. The molecule has 6 heteroatoms. The molecule has 0 spiro atoms. The number of amides is 1. The molecule has 0 aliphatic carbocycles. The van der Waals surface area contributed by atoms with E-state index in [1.807, 2.05) is 26.0 Å². The molecule has 1 aromatic heterocycles. The van der Waals surface area contributed by atoms with Crippen LogP contribution in [0.25, 0.3) is 0 Å². The van der Waals surface area contributed by atoms with Gasteiger partial charge in [0.25, 0.3) is 5.91 Å². The maximum atomic E-state index is 12.4. The molecule has 1 amide bonds. The number of anilines is 1. The van der Waals surface area contributed by atoms with Crippen LogP contribution in [-0.2, 0) is 16.1 Å². The number of esters is 1. The van der Waals surface area contributed by atoms with Gasteiger partial charge in [-0.25, -0.2) is 4.79 Å². The summed E-state index contributed by atoms with van der Waals surface area (Å²) in [5.74, 6) is -0.671. The molecule has 0 saturated carbocycles. The van der Waals surface area contributed by atoms with Crippen LogP contribution in [0.5, 0.6) is 0 Å². The topological polar surface area (TPSA) is 64.6 Å². The Bertz CT molecular complexity index is 734. The molecule has 5 nitrogen and oxygen atoms in total. The second-order valence-electron chi connectivity index (χ2n) is 5.29. The summed E-state index contributed by atoms with van der Waals surface area (Å²) in [6.45, 7) is 6.32. The van der Waals surface area contributed by atoms with Crippen molar-refractivity contribution in [2.75, 3.05) is 19.0 Å². The predicted molar refractivity (Wildman–Crippen MR) is 94.9 cm³/mol. The third kappa shape index (κ3) is 4.01.